The number of ether oxygens (including phenoxy) is 1. The van der Waals surface area contributed by atoms with E-state index in [-0.39, 0.29) is 5.60 Å². The van der Waals surface area contributed by atoms with E-state index < -0.39 is 0 Å². The Labute approximate surface area is 131 Å². The molecule has 2 atom stereocenters. The molecule has 2 unspecified atom stereocenters. The van der Waals surface area contributed by atoms with Crippen LogP contribution in [0.3, 0.4) is 0 Å². The van der Waals surface area contributed by atoms with Crippen molar-refractivity contribution < 1.29 is 4.74 Å². The summed E-state index contributed by atoms with van der Waals surface area (Å²) >= 11 is 0. The summed E-state index contributed by atoms with van der Waals surface area (Å²) in [6.07, 6.45) is 6.16. The molecule has 3 heteroatoms. The van der Waals surface area contributed by atoms with Crippen LogP contribution in [0.25, 0.3) is 0 Å². The molecule has 3 nitrogen and oxygen atoms in total. The predicted octanol–water partition coefficient (Wildman–Crippen LogP) is 3.29. The van der Waals surface area contributed by atoms with Crippen LogP contribution in [0.2, 0.25) is 0 Å². The van der Waals surface area contributed by atoms with Crippen molar-refractivity contribution in [2.45, 2.75) is 71.4 Å². The molecule has 124 valence electrons. The van der Waals surface area contributed by atoms with Crippen LogP contribution in [0.15, 0.2) is 0 Å². The van der Waals surface area contributed by atoms with Crippen LogP contribution in [-0.4, -0.2) is 49.3 Å². The van der Waals surface area contributed by atoms with Gasteiger partial charge < -0.3 is 10.1 Å². The molecule has 0 amide bonds. The van der Waals surface area contributed by atoms with Crippen molar-refractivity contribution in [3.63, 3.8) is 0 Å². The molecule has 2 fully saturated rings. The number of likely N-dealkylation sites (tertiary alicyclic amines) is 1. The zero-order chi connectivity index (χ0) is 15.3. The number of rotatable bonds is 7. The minimum Gasteiger partial charge on any atom is -0.375 e. The molecule has 0 bridgehead atoms. The minimum absolute atomic E-state index is 0.164. The number of nitrogens with one attached hydrogen (secondary N) is 1. The second-order valence-corrected chi connectivity index (χ2v) is 7.59. The molecule has 0 spiro atoms. The van der Waals surface area contributed by atoms with Crippen LogP contribution in [-0.2, 0) is 4.74 Å². The average Bonchev–Trinajstić information content (AvgIpc) is 2.96. The van der Waals surface area contributed by atoms with Crippen molar-refractivity contribution in [2.24, 2.45) is 11.8 Å². The quantitative estimate of drug-likeness (QED) is 0.780. The van der Waals surface area contributed by atoms with Gasteiger partial charge in [-0.15, -0.1) is 0 Å². The van der Waals surface area contributed by atoms with E-state index in [0.717, 1.165) is 43.9 Å². The summed E-state index contributed by atoms with van der Waals surface area (Å²) in [6, 6.07) is 0.758. The minimum atomic E-state index is 0.164. The fourth-order valence-electron chi connectivity index (χ4n) is 3.99. The van der Waals surface area contributed by atoms with Crippen molar-refractivity contribution in [1.29, 1.82) is 0 Å². The Morgan fingerprint density at radius 2 is 2.00 bits per heavy atom. The maximum atomic E-state index is 6.13. The molecule has 2 rings (SSSR count). The molecule has 2 saturated heterocycles. The Morgan fingerprint density at radius 3 is 2.67 bits per heavy atom. The van der Waals surface area contributed by atoms with Crippen LogP contribution in [0.4, 0.5) is 0 Å². The molecule has 0 aromatic carbocycles. The maximum absolute atomic E-state index is 6.13. The summed E-state index contributed by atoms with van der Waals surface area (Å²) in [6.45, 7) is 15.0. The van der Waals surface area contributed by atoms with Gasteiger partial charge in [0.15, 0.2) is 0 Å². The van der Waals surface area contributed by atoms with Crippen molar-refractivity contribution in [1.82, 2.24) is 10.2 Å². The second kappa shape index (κ2) is 7.94. The maximum Gasteiger partial charge on any atom is 0.0692 e. The Bertz CT molecular complexity index is 302. The molecule has 0 aromatic rings. The lowest BCUT2D eigenvalue weighted by molar-refractivity contribution is -0.108. The largest absolute Gasteiger partial charge is 0.375 e. The Balaban J connectivity index is 1.78. The third-order valence-electron chi connectivity index (χ3n) is 5.57. The highest BCUT2D eigenvalue weighted by Crippen LogP contribution is 2.35. The first-order valence-corrected chi connectivity index (χ1v) is 9.17. The van der Waals surface area contributed by atoms with Gasteiger partial charge in [0.1, 0.15) is 0 Å². The zero-order valence-corrected chi connectivity index (χ0v) is 14.7. The molecular formula is C18H36N2O. The van der Waals surface area contributed by atoms with Gasteiger partial charge in [0, 0.05) is 19.2 Å². The monoisotopic (exact) mass is 296 g/mol. The molecule has 2 aliphatic heterocycles. The summed E-state index contributed by atoms with van der Waals surface area (Å²) in [5, 5.41) is 3.64. The first-order chi connectivity index (χ1) is 10.1. The van der Waals surface area contributed by atoms with Crippen LogP contribution in [0.1, 0.15) is 59.8 Å². The summed E-state index contributed by atoms with van der Waals surface area (Å²) < 4.78 is 6.13. The molecule has 2 heterocycles. The fourth-order valence-corrected chi connectivity index (χ4v) is 3.99. The SMILES string of the molecule is CCC1(CC)CC(N2CCC(CNCC(C)C)C2)CCO1. The first kappa shape index (κ1) is 17.2. The number of hydrogen-bond donors (Lipinski definition) is 1. The lowest BCUT2D eigenvalue weighted by Gasteiger charge is -2.43. The average molecular weight is 296 g/mol. The summed E-state index contributed by atoms with van der Waals surface area (Å²) in [5.74, 6) is 1.61. The van der Waals surface area contributed by atoms with Crippen molar-refractivity contribution in [3.05, 3.63) is 0 Å². The third kappa shape index (κ3) is 4.67. The molecule has 0 aliphatic carbocycles. The normalized spacial score (nSPS) is 30.1. The Hall–Kier alpha value is -0.120. The van der Waals surface area contributed by atoms with Crippen LogP contribution in [0.5, 0.6) is 0 Å². The van der Waals surface area contributed by atoms with Crippen molar-refractivity contribution in [2.75, 3.05) is 32.8 Å². The molecule has 0 aromatic heterocycles. The van der Waals surface area contributed by atoms with Crippen LogP contribution >= 0.6 is 0 Å². The highest BCUT2D eigenvalue weighted by molar-refractivity contribution is 4.92. The van der Waals surface area contributed by atoms with E-state index in [2.05, 4.69) is 37.9 Å². The topological polar surface area (TPSA) is 24.5 Å². The second-order valence-electron chi connectivity index (χ2n) is 7.59. The molecule has 0 radical (unpaired) electrons. The van der Waals surface area contributed by atoms with E-state index in [9.17, 15) is 0 Å². The van der Waals surface area contributed by atoms with Gasteiger partial charge in [0.2, 0.25) is 0 Å². The van der Waals surface area contributed by atoms with Gasteiger partial charge >= 0.3 is 0 Å². The lowest BCUT2D eigenvalue weighted by atomic mass is 9.85. The van der Waals surface area contributed by atoms with Gasteiger partial charge in [0.25, 0.3) is 0 Å². The van der Waals surface area contributed by atoms with Gasteiger partial charge in [-0.2, -0.15) is 0 Å². The molecular weight excluding hydrogens is 260 g/mol. The van der Waals surface area contributed by atoms with Crippen molar-refractivity contribution in [3.8, 4) is 0 Å². The lowest BCUT2D eigenvalue weighted by Crippen LogP contribution is -2.47. The van der Waals surface area contributed by atoms with Crippen LogP contribution < -0.4 is 5.32 Å². The van der Waals surface area contributed by atoms with E-state index in [0.29, 0.717) is 0 Å². The van der Waals surface area contributed by atoms with Gasteiger partial charge in [-0.05, 0) is 63.6 Å². The highest BCUT2D eigenvalue weighted by atomic mass is 16.5. The number of nitrogens with zero attached hydrogens (tertiary/aromatic N) is 1. The summed E-state index contributed by atoms with van der Waals surface area (Å²) in [4.78, 5) is 2.75. The van der Waals surface area contributed by atoms with Crippen molar-refractivity contribution >= 4 is 0 Å². The van der Waals surface area contributed by atoms with E-state index in [4.69, 9.17) is 4.74 Å². The molecule has 1 N–H and O–H groups in total. The molecule has 0 saturated carbocycles. The van der Waals surface area contributed by atoms with E-state index in [1.54, 1.807) is 0 Å². The summed E-state index contributed by atoms with van der Waals surface area (Å²) in [7, 11) is 0. The highest BCUT2D eigenvalue weighted by Gasteiger charge is 2.38. The third-order valence-corrected chi connectivity index (χ3v) is 5.57. The Kier molecular flexibility index (Phi) is 6.51. The van der Waals surface area contributed by atoms with Gasteiger partial charge in [-0.3, -0.25) is 4.90 Å². The molecule has 2 aliphatic rings. The van der Waals surface area contributed by atoms with Gasteiger partial charge in [-0.25, -0.2) is 0 Å². The van der Waals surface area contributed by atoms with E-state index >= 15 is 0 Å². The fraction of sp³-hybridized carbons (Fsp3) is 1.00. The number of hydrogen-bond acceptors (Lipinski definition) is 3. The van der Waals surface area contributed by atoms with E-state index in [1.165, 1.54) is 38.9 Å². The Morgan fingerprint density at radius 1 is 1.24 bits per heavy atom. The van der Waals surface area contributed by atoms with Crippen LogP contribution in [0, 0.1) is 11.8 Å². The smallest absolute Gasteiger partial charge is 0.0692 e. The van der Waals surface area contributed by atoms with Gasteiger partial charge in [-0.1, -0.05) is 27.7 Å². The molecule has 21 heavy (non-hydrogen) atoms. The standard InChI is InChI=1S/C18H36N2O/c1-5-18(6-2)11-17(8-10-21-18)20-9-7-16(14-20)13-19-12-15(3)4/h15-17,19H,5-14H2,1-4H3. The van der Waals surface area contributed by atoms with E-state index in [1.807, 2.05) is 0 Å². The summed E-state index contributed by atoms with van der Waals surface area (Å²) in [5.41, 5.74) is 0.164. The zero-order valence-electron chi connectivity index (χ0n) is 14.7. The van der Waals surface area contributed by atoms with Gasteiger partial charge in [0.05, 0.1) is 5.60 Å². The predicted molar refractivity (Wildman–Crippen MR) is 89.7 cm³/mol. The first-order valence-electron chi connectivity index (χ1n) is 9.17.